The van der Waals surface area contributed by atoms with Crippen LogP contribution in [0.1, 0.15) is 99.8 Å². The second-order valence-electron chi connectivity index (χ2n) is 13.0. The van der Waals surface area contributed by atoms with Gasteiger partial charge in [-0.1, -0.05) is 25.3 Å². The SMILES string of the molecule is Cc1c(COc2ccc3nc(C(=O)N4CCC(C)(O)C4)cc(C(=O)C4CC45CCCCC5)c3c2)ccc2c1COC2=O. The highest BCUT2D eigenvalue weighted by Gasteiger charge is 2.57. The minimum absolute atomic E-state index is 0.0255. The molecule has 0 radical (unpaired) electrons. The van der Waals surface area contributed by atoms with E-state index in [1.807, 2.05) is 31.2 Å². The van der Waals surface area contributed by atoms with Gasteiger partial charge in [0, 0.05) is 35.5 Å². The summed E-state index contributed by atoms with van der Waals surface area (Å²) in [6.45, 7) is 4.98. The average Bonchev–Trinajstić information content (AvgIpc) is 3.31. The lowest BCUT2D eigenvalue weighted by atomic mass is 9.83. The van der Waals surface area contributed by atoms with Gasteiger partial charge in [0.1, 0.15) is 24.7 Å². The molecule has 7 rings (SSSR count). The van der Waals surface area contributed by atoms with Crippen molar-refractivity contribution in [2.75, 3.05) is 13.1 Å². The number of fused-ring (bicyclic) bond motifs is 2. The molecule has 42 heavy (non-hydrogen) atoms. The first kappa shape index (κ1) is 27.1. The van der Waals surface area contributed by atoms with Gasteiger partial charge in [-0.15, -0.1) is 0 Å². The highest BCUT2D eigenvalue weighted by Crippen LogP contribution is 2.62. The number of cyclic esters (lactones) is 1. The van der Waals surface area contributed by atoms with E-state index in [1.165, 1.54) is 19.3 Å². The van der Waals surface area contributed by atoms with Crippen molar-refractivity contribution >= 4 is 28.6 Å². The van der Waals surface area contributed by atoms with E-state index in [0.29, 0.717) is 47.4 Å². The molecule has 2 aliphatic carbocycles. The molecule has 0 bridgehead atoms. The number of aliphatic hydroxyl groups is 1. The maximum Gasteiger partial charge on any atom is 0.338 e. The molecule has 3 fully saturated rings. The second kappa shape index (κ2) is 9.90. The number of ether oxygens (including phenoxy) is 2. The molecule has 2 aliphatic heterocycles. The first-order chi connectivity index (χ1) is 20.1. The highest BCUT2D eigenvalue weighted by atomic mass is 16.5. The van der Waals surface area contributed by atoms with Gasteiger partial charge < -0.3 is 19.5 Å². The van der Waals surface area contributed by atoms with Crippen molar-refractivity contribution < 1.29 is 29.0 Å². The number of β-amino-alcohol motifs (C(OH)–C–C–N with tert-alkyl or cyclic N) is 1. The molecule has 218 valence electrons. The summed E-state index contributed by atoms with van der Waals surface area (Å²) in [5, 5.41) is 11.1. The summed E-state index contributed by atoms with van der Waals surface area (Å²) >= 11 is 0. The molecule has 8 heteroatoms. The van der Waals surface area contributed by atoms with Crippen molar-refractivity contribution in [3.05, 3.63) is 69.9 Å². The van der Waals surface area contributed by atoms with E-state index in [1.54, 1.807) is 24.0 Å². The van der Waals surface area contributed by atoms with Crippen molar-refractivity contribution in [3.8, 4) is 5.75 Å². The van der Waals surface area contributed by atoms with Gasteiger partial charge in [0.25, 0.3) is 5.91 Å². The number of esters is 1. The highest BCUT2D eigenvalue weighted by molar-refractivity contribution is 6.12. The minimum atomic E-state index is -0.918. The predicted octanol–water partition coefficient (Wildman–Crippen LogP) is 5.54. The Kier molecular flexibility index (Phi) is 6.38. The number of carbonyl (C=O) groups excluding carboxylic acids is 3. The van der Waals surface area contributed by atoms with E-state index >= 15 is 0 Å². The number of hydrogen-bond donors (Lipinski definition) is 1. The van der Waals surface area contributed by atoms with Gasteiger partial charge in [0.15, 0.2) is 5.78 Å². The van der Waals surface area contributed by atoms with Gasteiger partial charge in [-0.05, 0) is 86.4 Å². The predicted molar refractivity (Wildman–Crippen MR) is 155 cm³/mol. The lowest BCUT2D eigenvalue weighted by molar-refractivity contribution is 0.0534. The van der Waals surface area contributed by atoms with Crippen molar-refractivity contribution in [3.63, 3.8) is 0 Å². The Bertz CT molecular complexity index is 1640. The zero-order chi connectivity index (χ0) is 29.2. The zero-order valence-electron chi connectivity index (χ0n) is 24.2. The number of nitrogens with zero attached hydrogens (tertiary/aromatic N) is 2. The van der Waals surface area contributed by atoms with Crippen LogP contribution in [0, 0.1) is 18.3 Å². The maximum atomic E-state index is 14.1. The monoisotopic (exact) mass is 568 g/mol. The van der Waals surface area contributed by atoms with Gasteiger partial charge >= 0.3 is 5.97 Å². The summed E-state index contributed by atoms with van der Waals surface area (Å²) in [5.74, 6) is 0.106. The maximum absolute atomic E-state index is 14.1. The van der Waals surface area contributed by atoms with E-state index in [0.717, 1.165) is 36.0 Å². The number of likely N-dealkylation sites (tertiary alicyclic amines) is 1. The summed E-state index contributed by atoms with van der Waals surface area (Å²) in [6, 6.07) is 10.8. The number of rotatable bonds is 6. The fourth-order valence-electron chi connectivity index (χ4n) is 7.32. The number of benzene rings is 2. The number of Topliss-reactive ketones (excluding diaryl/α,β-unsaturated/α-hetero) is 1. The molecule has 2 atom stereocenters. The van der Waals surface area contributed by atoms with Crippen LogP contribution in [0.15, 0.2) is 36.4 Å². The number of pyridine rings is 1. The number of amides is 1. The number of ketones is 1. The third-order valence-corrected chi connectivity index (χ3v) is 10.0. The molecule has 1 N–H and O–H groups in total. The van der Waals surface area contributed by atoms with Gasteiger partial charge in [0.05, 0.1) is 16.7 Å². The molecule has 8 nitrogen and oxygen atoms in total. The molecule has 4 aliphatic rings. The van der Waals surface area contributed by atoms with Crippen molar-refractivity contribution in [1.82, 2.24) is 9.88 Å². The lowest BCUT2D eigenvalue weighted by Crippen LogP contribution is -2.34. The quantitative estimate of drug-likeness (QED) is 0.307. The summed E-state index contributed by atoms with van der Waals surface area (Å²) in [7, 11) is 0. The Balaban J connectivity index is 1.21. The molecule has 3 heterocycles. The van der Waals surface area contributed by atoms with Crippen LogP contribution in [-0.2, 0) is 18.0 Å². The molecular formula is C34H36N2O6. The van der Waals surface area contributed by atoms with E-state index in [4.69, 9.17) is 9.47 Å². The van der Waals surface area contributed by atoms with Crippen LogP contribution in [-0.4, -0.2) is 51.3 Å². The van der Waals surface area contributed by atoms with Crippen LogP contribution in [0.5, 0.6) is 5.75 Å². The normalized spacial score (nSPS) is 24.1. The Morgan fingerprint density at radius 3 is 2.69 bits per heavy atom. The number of carbonyl (C=O) groups is 3. The Hall–Kier alpha value is -3.78. The fraction of sp³-hybridized carbons (Fsp3) is 0.471. The first-order valence-electron chi connectivity index (χ1n) is 15.1. The first-order valence-corrected chi connectivity index (χ1v) is 15.1. The molecule has 1 aromatic heterocycles. The standard InChI is InChI=1S/C34H36N2O6/c1-20-21(6-8-23-26(20)18-42-32(23)39)17-41-22-7-9-28-24(14-22)25(30(37)27-16-34(27)10-4-3-5-11-34)15-29(35-28)31(38)36-13-12-33(2,40)19-36/h6-9,14-15,27,40H,3-5,10-13,16-19H2,1-2H3. The van der Waals surface area contributed by atoms with Crippen LogP contribution in [0.2, 0.25) is 0 Å². The average molecular weight is 569 g/mol. The van der Waals surface area contributed by atoms with Gasteiger partial charge in [0.2, 0.25) is 0 Å². The Labute approximate surface area is 245 Å². The molecule has 1 saturated heterocycles. The smallest absolute Gasteiger partial charge is 0.338 e. The Morgan fingerprint density at radius 2 is 1.93 bits per heavy atom. The summed E-state index contributed by atoms with van der Waals surface area (Å²) in [6.07, 6.45) is 7.16. The molecule has 2 aromatic carbocycles. The summed E-state index contributed by atoms with van der Waals surface area (Å²) in [4.78, 5) is 45.8. The third kappa shape index (κ3) is 4.66. The van der Waals surface area contributed by atoms with Crippen LogP contribution in [0.25, 0.3) is 10.9 Å². The lowest BCUT2D eigenvalue weighted by Gasteiger charge is -2.22. The van der Waals surface area contributed by atoms with Crippen LogP contribution < -0.4 is 4.74 Å². The second-order valence-corrected chi connectivity index (χ2v) is 13.0. The minimum Gasteiger partial charge on any atom is -0.489 e. The fourth-order valence-corrected chi connectivity index (χ4v) is 7.32. The van der Waals surface area contributed by atoms with Crippen LogP contribution in [0.4, 0.5) is 0 Å². The van der Waals surface area contributed by atoms with E-state index < -0.39 is 5.60 Å². The number of aromatic nitrogens is 1. The van der Waals surface area contributed by atoms with Gasteiger partial charge in [-0.25, -0.2) is 9.78 Å². The number of hydrogen-bond acceptors (Lipinski definition) is 7. The topological polar surface area (TPSA) is 106 Å². The summed E-state index contributed by atoms with van der Waals surface area (Å²) < 4.78 is 11.4. The largest absolute Gasteiger partial charge is 0.489 e. The van der Waals surface area contributed by atoms with Crippen molar-refractivity contribution in [2.45, 2.75) is 77.6 Å². The van der Waals surface area contributed by atoms with Gasteiger partial charge in [-0.3, -0.25) is 9.59 Å². The summed E-state index contributed by atoms with van der Waals surface area (Å²) in [5.41, 5.74) is 3.96. The van der Waals surface area contributed by atoms with Crippen LogP contribution in [0.3, 0.4) is 0 Å². The van der Waals surface area contributed by atoms with E-state index in [2.05, 4.69) is 4.98 Å². The zero-order valence-corrected chi connectivity index (χ0v) is 24.2. The van der Waals surface area contributed by atoms with Gasteiger partial charge in [-0.2, -0.15) is 0 Å². The molecule has 1 amide bonds. The van der Waals surface area contributed by atoms with Crippen LogP contribution >= 0.6 is 0 Å². The van der Waals surface area contributed by atoms with E-state index in [9.17, 15) is 19.5 Å². The molecule has 3 aromatic rings. The molecule has 1 spiro atoms. The third-order valence-electron chi connectivity index (χ3n) is 10.0. The van der Waals surface area contributed by atoms with Crippen molar-refractivity contribution in [1.29, 1.82) is 0 Å². The molecular weight excluding hydrogens is 532 g/mol. The van der Waals surface area contributed by atoms with Crippen molar-refractivity contribution in [2.24, 2.45) is 11.3 Å². The molecule has 2 unspecified atom stereocenters. The van der Waals surface area contributed by atoms with E-state index in [-0.39, 0.29) is 47.8 Å². The Morgan fingerprint density at radius 1 is 1.12 bits per heavy atom. The molecule has 2 saturated carbocycles.